The molecule has 0 aliphatic carbocycles. The van der Waals surface area contributed by atoms with Gasteiger partial charge < -0.3 is 14.5 Å². The van der Waals surface area contributed by atoms with Crippen LogP contribution in [0.2, 0.25) is 0 Å². The van der Waals surface area contributed by atoms with Crippen molar-refractivity contribution in [2.45, 2.75) is 19.8 Å². The lowest BCUT2D eigenvalue weighted by Crippen LogP contribution is -2.31. The van der Waals surface area contributed by atoms with Gasteiger partial charge in [-0.25, -0.2) is 0 Å². The first-order chi connectivity index (χ1) is 12.2. The molecule has 0 unspecified atom stereocenters. The number of anilines is 2. The molecule has 0 radical (unpaired) electrons. The van der Waals surface area contributed by atoms with E-state index in [1.165, 1.54) is 0 Å². The molecule has 4 heteroatoms. The Labute approximate surface area is 150 Å². The number of para-hydroxylation sites is 2. The van der Waals surface area contributed by atoms with Crippen LogP contribution < -0.4 is 4.90 Å². The molecule has 2 aromatic carbocycles. The average molecular weight is 338 g/mol. The summed E-state index contributed by atoms with van der Waals surface area (Å²) in [5.41, 5.74) is 4.15. The van der Waals surface area contributed by atoms with Gasteiger partial charge in [-0.2, -0.15) is 0 Å². The maximum atomic E-state index is 12.9. The number of esters is 1. The van der Waals surface area contributed by atoms with Gasteiger partial charge in [-0.1, -0.05) is 50.2 Å². The molecule has 0 saturated carbocycles. The summed E-state index contributed by atoms with van der Waals surface area (Å²) in [4.78, 5) is 17.3. The molecule has 0 amide bonds. The molecule has 3 rings (SSSR count). The molecule has 2 aromatic rings. The predicted molar refractivity (Wildman–Crippen MR) is 102 cm³/mol. The average Bonchev–Trinajstić information content (AvgIpc) is 2.65. The Balaban J connectivity index is 1.86. The van der Waals surface area contributed by atoms with E-state index in [9.17, 15) is 4.79 Å². The third-order valence-electron chi connectivity index (χ3n) is 5.00. The SMILES string of the molecule is CCN(CC)CCOC(=O)C1c2ccccc2N(C)c2ccccc21. The molecular formula is C21H26N2O2. The second-order valence-corrected chi connectivity index (χ2v) is 6.30. The molecule has 0 spiro atoms. The van der Waals surface area contributed by atoms with Crippen LogP contribution in [0.15, 0.2) is 48.5 Å². The van der Waals surface area contributed by atoms with Gasteiger partial charge in [0.1, 0.15) is 12.5 Å². The number of nitrogens with zero attached hydrogens (tertiary/aromatic N) is 2. The molecule has 4 nitrogen and oxygen atoms in total. The number of rotatable bonds is 6. The molecule has 0 bridgehead atoms. The lowest BCUT2D eigenvalue weighted by molar-refractivity contribution is -0.144. The van der Waals surface area contributed by atoms with Gasteiger partial charge in [0.05, 0.1) is 0 Å². The highest BCUT2D eigenvalue weighted by Crippen LogP contribution is 2.44. The van der Waals surface area contributed by atoms with E-state index in [1.54, 1.807) is 0 Å². The minimum Gasteiger partial charge on any atom is -0.464 e. The molecule has 0 fully saturated rings. The summed E-state index contributed by atoms with van der Waals surface area (Å²) in [7, 11) is 2.04. The van der Waals surface area contributed by atoms with E-state index >= 15 is 0 Å². The standard InChI is InChI=1S/C21H26N2O2/c1-4-23(5-2)14-15-25-21(24)20-16-10-6-8-12-18(16)22(3)19-13-9-7-11-17(19)20/h6-13,20H,4-5,14-15H2,1-3H3. The second kappa shape index (κ2) is 7.70. The van der Waals surface area contributed by atoms with E-state index < -0.39 is 0 Å². The van der Waals surface area contributed by atoms with E-state index in [-0.39, 0.29) is 11.9 Å². The number of fused-ring (bicyclic) bond motifs is 2. The maximum absolute atomic E-state index is 12.9. The van der Waals surface area contributed by atoms with Gasteiger partial charge in [-0.3, -0.25) is 4.79 Å². The summed E-state index contributed by atoms with van der Waals surface area (Å²) in [6, 6.07) is 16.1. The third kappa shape index (κ3) is 3.40. The van der Waals surface area contributed by atoms with Gasteiger partial charge >= 0.3 is 5.97 Å². The number of ether oxygens (including phenoxy) is 1. The smallest absolute Gasteiger partial charge is 0.318 e. The van der Waals surface area contributed by atoms with Gasteiger partial charge in [0, 0.05) is 25.0 Å². The van der Waals surface area contributed by atoms with Gasteiger partial charge in [-0.05, 0) is 36.3 Å². The van der Waals surface area contributed by atoms with Crippen LogP contribution in [0.25, 0.3) is 0 Å². The highest BCUT2D eigenvalue weighted by atomic mass is 16.5. The fourth-order valence-electron chi connectivity index (χ4n) is 3.52. The largest absolute Gasteiger partial charge is 0.464 e. The maximum Gasteiger partial charge on any atom is 0.318 e. The van der Waals surface area contributed by atoms with Crippen molar-refractivity contribution in [3.8, 4) is 0 Å². The van der Waals surface area contributed by atoms with E-state index in [4.69, 9.17) is 4.74 Å². The van der Waals surface area contributed by atoms with E-state index in [1.807, 2.05) is 43.4 Å². The molecule has 25 heavy (non-hydrogen) atoms. The fraction of sp³-hybridized carbons (Fsp3) is 0.381. The summed E-state index contributed by atoms with van der Waals surface area (Å²) in [5.74, 6) is -0.527. The molecule has 1 aliphatic rings. The van der Waals surface area contributed by atoms with E-state index in [0.717, 1.165) is 42.1 Å². The number of benzene rings is 2. The Hall–Kier alpha value is -2.33. The van der Waals surface area contributed by atoms with Crippen molar-refractivity contribution in [1.82, 2.24) is 4.90 Å². The van der Waals surface area contributed by atoms with Gasteiger partial charge in [0.25, 0.3) is 0 Å². The van der Waals surface area contributed by atoms with Gasteiger partial charge in [0.15, 0.2) is 0 Å². The molecule has 0 atom stereocenters. The Morgan fingerprint density at radius 1 is 1.00 bits per heavy atom. The van der Waals surface area contributed by atoms with Crippen LogP contribution in [-0.4, -0.2) is 44.2 Å². The summed E-state index contributed by atoms with van der Waals surface area (Å²) >= 11 is 0. The zero-order valence-electron chi connectivity index (χ0n) is 15.2. The molecule has 1 heterocycles. The Kier molecular flexibility index (Phi) is 5.39. The number of carbonyl (C=O) groups excluding carboxylic acids is 1. The van der Waals surface area contributed by atoms with E-state index in [0.29, 0.717) is 6.61 Å². The van der Waals surface area contributed by atoms with Crippen molar-refractivity contribution in [1.29, 1.82) is 0 Å². The number of carbonyl (C=O) groups is 1. The summed E-state index contributed by atoms with van der Waals surface area (Å²) in [5, 5.41) is 0. The molecule has 0 N–H and O–H groups in total. The minimum atomic E-state index is -0.361. The highest BCUT2D eigenvalue weighted by Gasteiger charge is 2.34. The topological polar surface area (TPSA) is 32.8 Å². The second-order valence-electron chi connectivity index (χ2n) is 6.30. The van der Waals surface area contributed by atoms with Crippen LogP contribution in [-0.2, 0) is 9.53 Å². The Morgan fingerprint density at radius 3 is 2.04 bits per heavy atom. The number of likely N-dealkylation sites (N-methyl/N-ethyl adjacent to an activating group) is 1. The molecule has 0 saturated heterocycles. The van der Waals surface area contributed by atoms with Crippen LogP contribution in [0.4, 0.5) is 11.4 Å². The highest BCUT2D eigenvalue weighted by molar-refractivity contribution is 5.91. The first kappa shape index (κ1) is 17.5. The minimum absolute atomic E-state index is 0.167. The van der Waals surface area contributed by atoms with Crippen molar-refractivity contribution in [3.05, 3.63) is 59.7 Å². The summed E-state index contributed by atoms with van der Waals surface area (Å²) in [6.45, 7) is 7.37. The van der Waals surface area contributed by atoms with Crippen LogP contribution in [0.3, 0.4) is 0 Å². The quantitative estimate of drug-likeness (QED) is 0.750. The molecular weight excluding hydrogens is 312 g/mol. The van der Waals surface area contributed by atoms with Gasteiger partial charge in [0.2, 0.25) is 0 Å². The van der Waals surface area contributed by atoms with Crippen molar-refractivity contribution >= 4 is 17.3 Å². The first-order valence-corrected chi connectivity index (χ1v) is 8.97. The Morgan fingerprint density at radius 2 is 1.52 bits per heavy atom. The monoisotopic (exact) mass is 338 g/mol. The summed E-state index contributed by atoms with van der Waals surface area (Å²) < 4.78 is 5.67. The Bertz CT molecular complexity index is 693. The van der Waals surface area contributed by atoms with E-state index in [2.05, 4.69) is 35.8 Å². The summed E-state index contributed by atoms with van der Waals surface area (Å²) in [6.07, 6.45) is 0. The zero-order valence-corrected chi connectivity index (χ0v) is 15.2. The van der Waals surface area contributed by atoms with Crippen molar-refractivity contribution in [3.63, 3.8) is 0 Å². The van der Waals surface area contributed by atoms with Crippen LogP contribution in [0.1, 0.15) is 30.9 Å². The third-order valence-corrected chi connectivity index (χ3v) is 5.00. The number of hydrogen-bond acceptors (Lipinski definition) is 4. The fourth-order valence-corrected chi connectivity index (χ4v) is 3.52. The first-order valence-electron chi connectivity index (χ1n) is 8.97. The lowest BCUT2D eigenvalue weighted by Gasteiger charge is -2.34. The van der Waals surface area contributed by atoms with Crippen LogP contribution in [0, 0.1) is 0 Å². The number of hydrogen-bond donors (Lipinski definition) is 0. The van der Waals surface area contributed by atoms with Crippen molar-refractivity contribution in [2.75, 3.05) is 38.2 Å². The molecule has 1 aliphatic heterocycles. The normalized spacial score (nSPS) is 13.5. The van der Waals surface area contributed by atoms with Crippen LogP contribution in [0.5, 0.6) is 0 Å². The van der Waals surface area contributed by atoms with Crippen molar-refractivity contribution < 1.29 is 9.53 Å². The lowest BCUT2D eigenvalue weighted by atomic mass is 9.85. The zero-order chi connectivity index (χ0) is 17.8. The van der Waals surface area contributed by atoms with Crippen LogP contribution >= 0.6 is 0 Å². The van der Waals surface area contributed by atoms with Crippen molar-refractivity contribution in [2.24, 2.45) is 0 Å². The predicted octanol–water partition coefficient (Wildman–Crippen LogP) is 3.78. The molecule has 0 aromatic heterocycles. The molecule has 132 valence electrons. The van der Waals surface area contributed by atoms with Gasteiger partial charge in [-0.15, -0.1) is 0 Å².